The van der Waals surface area contributed by atoms with Gasteiger partial charge in [0.05, 0.1) is 6.61 Å². The molecule has 0 saturated heterocycles. The Morgan fingerprint density at radius 2 is 1.46 bits per heavy atom. The lowest BCUT2D eigenvalue weighted by atomic mass is 10.2. The van der Waals surface area contributed by atoms with Gasteiger partial charge in [-0.3, -0.25) is 4.79 Å². The van der Waals surface area contributed by atoms with Gasteiger partial charge in [-0.15, -0.1) is 0 Å². The van der Waals surface area contributed by atoms with Crippen LogP contribution in [-0.4, -0.2) is 23.4 Å². The van der Waals surface area contributed by atoms with E-state index in [4.69, 9.17) is 4.74 Å². The van der Waals surface area contributed by atoms with E-state index >= 15 is 0 Å². The summed E-state index contributed by atoms with van der Waals surface area (Å²) in [6.45, 7) is 4.51. The summed E-state index contributed by atoms with van der Waals surface area (Å²) in [6, 6.07) is 20.0. The van der Waals surface area contributed by atoms with Crippen LogP contribution in [-0.2, 0) is 27.4 Å². The summed E-state index contributed by atoms with van der Waals surface area (Å²) < 4.78 is 4.95. The number of hydrogen-bond donors (Lipinski definition) is 1. The maximum atomic E-state index is 11.9. The molecule has 0 amide bonds. The molecule has 26 heavy (non-hydrogen) atoms. The molecule has 0 unspecified atom stereocenters. The molecule has 0 heterocycles. The van der Waals surface area contributed by atoms with Crippen LogP contribution in [0, 0.1) is 0 Å². The van der Waals surface area contributed by atoms with Gasteiger partial charge in [0.25, 0.3) is 0 Å². The number of nitrogens with zero attached hydrogens (tertiary/aromatic N) is 1. The third-order valence-electron chi connectivity index (χ3n) is 3.70. The van der Waals surface area contributed by atoms with Crippen LogP contribution in [0.15, 0.2) is 72.4 Å². The zero-order chi connectivity index (χ0) is 18.8. The largest absolute Gasteiger partial charge is 0.462 e. The van der Waals surface area contributed by atoms with E-state index in [1.54, 1.807) is 6.92 Å². The van der Waals surface area contributed by atoms with Crippen LogP contribution in [0.5, 0.6) is 0 Å². The summed E-state index contributed by atoms with van der Waals surface area (Å²) in [4.78, 5) is 23.7. The summed E-state index contributed by atoms with van der Waals surface area (Å²) >= 11 is 0. The van der Waals surface area contributed by atoms with Crippen LogP contribution < -0.4 is 5.43 Å². The summed E-state index contributed by atoms with van der Waals surface area (Å²) in [5.74, 6) is -0.956. The molecular formula is C21H24N2O3. The van der Waals surface area contributed by atoms with Gasteiger partial charge in [0, 0.05) is 19.3 Å². The van der Waals surface area contributed by atoms with Crippen LogP contribution >= 0.6 is 0 Å². The molecule has 2 rings (SSSR count). The highest BCUT2D eigenvalue weighted by atomic mass is 16.5. The van der Waals surface area contributed by atoms with Crippen LogP contribution in [0.2, 0.25) is 0 Å². The Morgan fingerprint density at radius 3 is 1.88 bits per heavy atom. The van der Waals surface area contributed by atoms with Crippen molar-refractivity contribution in [3.8, 4) is 0 Å². The van der Waals surface area contributed by atoms with Crippen LogP contribution in [0.4, 0.5) is 0 Å². The Labute approximate surface area is 154 Å². The SMILES string of the molecule is CCOC(=O)C(=CNN(Cc1ccccc1)Cc1ccccc1)C(C)=O. The fraction of sp³-hybridized carbons (Fsp3) is 0.238. The first-order valence-electron chi connectivity index (χ1n) is 8.57. The molecule has 0 fully saturated rings. The number of ether oxygens (including phenoxy) is 1. The molecule has 0 spiro atoms. The Hall–Kier alpha value is -2.92. The number of carbonyl (C=O) groups is 2. The summed E-state index contributed by atoms with van der Waals surface area (Å²) in [5.41, 5.74) is 5.32. The van der Waals surface area contributed by atoms with Crippen molar-refractivity contribution in [2.75, 3.05) is 6.61 Å². The van der Waals surface area contributed by atoms with E-state index < -0.39 is 5.97 Å². The molecule has 0 aliphatic rings. The molecule has 5 heteroatoms. The molecule has 0 radical (unpaired) electrons. The second kappa shape index (κ2) is 10.2. The fourth-order valence-electron chi connectivity index (χ4n) is 2.42. The molecule has 136 valence electrons. The molecular weight excluding hydrogens is 328 g/mol. The second-order valence-corrected chi connectivity index (χ2v) is 5.79. The minimum absolute atomic E-state index is 0.00188. The van der Waals surface area contributed by atoms with Crippen molar-refractivity contribution in [1.29, 1.82) is 0 Å². The van der Waals surface area contributed by atoms with Gasteiger partial charge in [-0.2, -0.15) is 0 Å². The quantitative estimate of drug-likeness (QED) is 0.247. The van der Waals surface area contributed by atoms with Gasteiger partial charge in [0.1, 0.15) is 5.57 Å². The zero-order valence-electron chi connectivity index (χ0n) is 15.1. The summed E-state index contributed by atoms with van der Waals surface area (Å²) in [6.07, 6.45) is 1.42. The number of ketones is 1. The van der Waals surface area contributed by atoms with Crippen LogP contribution in [0.25, 0.3) is 0 Å². The second-order valence-electron chi connectivity index (χ2n) is 5.79. The number of carbonyl (C=O) groups excluding carboxylic acids is 2. The van der Waals surface area contributed by atoms with Crippen molar-refractivity contribution in [1.82, 2.24) is 10.4 Å². The van der Waals surface area contributed by atoms with E-state index in [0.29, 0.717) is 13.1 Å². The third-order valence-corrected chi connectivity index (χ3v) is 3.70. The van der Waals surface area contributed by atoms with Crippen molar-refractivity contribution in [3.63, 3.8) is 0 Å². The lowest BCUT2D eigenvalue weighted by Gasteiger charge is -2.23. The fourth-order valence-corrected chi connectivity index (χ4v) is 2.42. The molecule has 0 aliphatic heterocycles. The highest BCUT2D eigenvalue weighted by Gasteiger charge is 2.16. The molecule has 1 N–H and O–H groups in total. The van der Waals surface area contributed by atoms with E-state index in [-0.39, 0.29) is 18.0 Å². The molecule has 0 saturated carbocycles. The minimum atomic E-state index is -0.619. The van der Waals surface area contributed by atoms with Gasteiger partial charge in [0.2, 0.25) is 0 Å². The summed E-state index contributed by atoms with van der Waals surface area (Å²) in [5, 5.41) is 1.94. The highest BCUT2D eigenvalue weighted by Crippen LogP contribution is 2.09. The molecule has 5 nitrogen and oxygen atoms in total. The van der Waals surface area contributed by atoms with Gasteiger partial charge >= 0.3 is 5.97 Å². The van der Waals surface area contributed by atoms with E-state index in [0.717, 1.165) is 11.1 Å². The number of benzene rings is 2. The molecule has 0 aromatic heterocycles. The zero-order valence-corrected chi connectivity index (χ0v) is 15.1. The first kappa shape index (κ1) is 19.4. The van der Waals surface area contributed by atoms with Crippen molar-refractivity contribution in [2.45, 2.75) is 26.9 Å². The first-order chi connectivity index (χ1) is 12.6. The van der Waals surface area contributed by atoms with E-state index in [1.165, 1.54) is 13.1 Å². The molecule has 2 aromatic carbocycles. The molecule has 2 aromatic rings. The molecule has 0 aliphatic carbocycles. The van der Waals surface area contributed by atoms with Gasteiger partial charge in [-0.25, -0.2) is 9.80 Å². The van der Waals surface area contributed by atoms with Crippen molar-refractivity contribution in [2.24, 2.45) is 0 Å². The van der Waals surface area contributed by atoms with Gasteiger partial charge in [-0.1, -0.05) is 60.7 Å². The average molecular weight is 352 g/mol. The third kappa shape index (κ3) is 6.18. The normalized spacial score (nSPS) is 11.3. The Balaban J connectivity index is 2.17. The van der Waals surface area contributed by atoms with Gasteiger partial charge < -0.3 is 10.2 Å². The van der Waals surface area contributed by atoms with Crippen LogP contribution in [0.1, 0.15) is 25.0 Å². The number of nitrogens with one attached hydrogen (secondary N) is 1. The van der Waals surface area contributed by atoms with E-state index in [2.05, 4.69) is 5.43 Å². The first-order valence-corrected chi connectivity index (χ1v) is 8.57. The lowest BCUT2D eigenvalue weighted by Crippen LogP contribution is -2.34. The summed E-state index contributed by atoms with van der Waals surface area (Å²) in [7, 11) is 0. The minimum Gasteiger partial charge on any atom is -0.462 e. The maximum absolute atomic E-state index is 11.9. The van der Waals surface area contributed by atoms with Gasteiger partial charge in [-0.05, 0) is 25.0 Å². The topological polar surface area (TPSA) is 58.6 Å². The molecule has 0 atom stereocenters. The number of hydrazine groups is 1. The van der Waals surface area contributed by atoms with Crippen molar-refractivity contribution < 1.29 is 14.3 Å². The van der Waals surface area contributed by atoms with Crippen molar-refractivity contribution in [3.05, 3.63) is 83.6 Å². The average Bonchev–Trinajstić information content (AvgIpc) is 2.63. The van der Waals surface area contributed by atoms with Gasteiger partial charge in [0.15, 0.2) is 5.78 Å². The Bertz CT molecular complexity index is 701. The predicted octanol–water partition coefficient (Wildman–Crippen LogP) is 3.23. The predicted molar refractivity (Wildman–Crippen MR) is 101 cm³/mol. The monoisotopic (exact) mass is 352 g/mol. The Morgan fingerprint density at radius 1 is 0.962 bits per heavy atom. The van der Waals surface area contributed by atoms with E-state index in [1.807, 2.05) is 65.7 Å². The number of rotatable bonds is 9. The Kier molecular flexibility index (Phi) is 7.58. The number of hydrogen-bond acceptors (Lipinski definition) is 5. The maximum Gasteiger partial charge on any atom is 0.343 e. The van der Waals surface area contributed by atoms with Crippen molar-refractivity contribution >= 4 is 11.8 Å². The smallest absolute Gasteiger partial charge is 0.343 e. The highest BCUT2D eigenvalue weighted by molar-refractivity contribution is 6.16. The van der Waals surface area contributed by atoms with E-state index in [9.17, 15) is 9.59 Å². The van der Waals surface area contributed by atoms with Crippen LogP contribution in [0.3, 0.4) is 0 Å². The molecule has 0 bridgehead atoms. The number of esters is 1. The number of Topliss-reactive ketones (excluding diaryl/α,β-unsaturated/α-hetero) is 1. The standard InChI is InChI=1S/C21H24N2O3/c1-3-26-21(25)20(17(2)24)14-22-23(15-18-10-6-4-7-11-18)16-19-12-8-5-9-13-19/h4-14,22H,3,15-16H2,1-2H3. The lowest BCUT2D eigenvalue weighted by molar-refractivity contribution is -0.139.